The van der Waals surface area contributed by atoms with E-state index in [4.69, 9.17) is 5.11 Å². The van der Waals surface area contributed by atoms with Gasteiger partial charge in [0.25, 0.3) is 0 Å². The number of carboxylic acid groups (broad SMARTS) is 1. The fourth-order valence-electron chi connectivity index (χ4n) is 2.03. The van der Waals surface area contributed by atoms with Crippen LogP contribution >= 0.6 is 0 Å². The van der Waals surface area contributed by atoms with Crippen LogP contribution in [-0.2, 0) is 17.4 Å². The first kappa shape index (κ1) is 12.7. The third kappa shape index (κ3) is 2.27. The van der Waals surface area contributed by atoms with Crippen LogP contribution in [0.15, 0.2) is 18.2 Å². The lowest BCUT2D eigenvalue weighted by atomic mass is 9.98. The predicted octanol–water partition coefficient (Wildman–Crippen LogP) is 2.76. The van der Waals surface area contributed by atoms with Crippen molar-refractivity contribution in [2.45, 2.75) is 25.6 Å². The van der Waals surface area contributed by atoms with Crippen molar-refractivity contribution in [1.82, 2.24) is 0 Å². The van der Waals surface area contributed by atoms with Crippen LogP contribution in [0.3, 0.4) is 0 Å². The van der Waals surface area contributed by atoms with Crippen LogP contribution < -0.4 is 5.32 Å². The summed E-state index contributed by atoms with van der Waals surface area (Å²) in [6, 6.07) is 3.10. The minimum atomic E-state index is -4.38. The van der Waals surface area contributed by atoms with Crippen LogP contribution in [0.5, 0.6) is 0 Å². The molecule has 0 fully saturated rings. The molecule has 1 aromatic rings. The minimum absolute atomic E-state index is 0.360. The first-order valence-corrected chi connectivity index (χ1v) is 5.48. The molecule has 1 aliphatic rings. The van der Waals surface area contributed by atoms with E-state index in [1.807, 2.05) is 0 Å². The van der Waals surface area contributed by atoms with Crippen molar-refractivity contribution in [1.29, 1.82) is 0 Å². The van der Waals surface area contributed by atoms with Crippen LogP contribution in [0.2, 0.25) is 0 Å². The Labute approximate surface area is 102 Å². The van der Waals surface area contributed by atoms with E-state index in [0.29, 0.717) is 12.1 Å². The number of nitrogens with one attached hydrogen (secondary N) is 1. The number of anilines is 1. The smallest absolute Gasteiger partial charge is 0.416 e. The molecular weight excluding hydrogens is 247 g/mol. The summed E-state index contributed by atoms with van der Waals surface area (Å²) in [5.74, 6) is -1.61. The standard InChI is InChI=1S/C12H12F3NO2/c1-6(11(17)18)9-4-7-2-3-8(12(13,14)15)5-10(7)16-9/h2-3,5-6,9,16H,4H2,1H3,(H,17,18). The first-order valence-electron chi connectivity index (χ1n) is 5.48. The molecule has 1 aromatic carbocycles. The normalized spacial score (nSPS) is 20.1. The second-order valence-electron chi connectivity index (χ2n) is 4.45. The van der Waals surface area contributed by atoms with Crippen LogP contribution in [0.25, 0.3) is 0 Å². The van der Waals surface area contributed by atoms with Crippen LogP contribution in [0.4, 0.5) is 18.9 Å². The molecule has 0 amide bonds. The van der Waals surface area contributed by atoms with E-state index >= 15 is 0 Å². The van der Waals surface area contributed by atoms with Gasteiger partial charge >= 0.3 is 12.1 Å². The number of hydrogen-bond donors (Lipinski definition) is 2. The maximum Gasteiger partial charge on any atom is 0.416 e. The summed E-state index contributed by atoms with van der Waals surface area (Å²) in [7, 11) is 0. The predicted molar refractivity (Wildman–Crippen MR) is 59.4 cm³/mol. The van der Waals surface area contributed by atoms with Gasteiger partial charge in [-0.15, -0.1) is 0 Å². The van der Waals surface area contributed by atoms with E-state index < -0.39 is 23.6 Å². The van der Waals surface area contributed by atoms with E-state index in [-0.39, 0.29) is 6.04 Å². The molecule has 98 valence electrons. The summed E-state index contributed by atoms with van der Waals surface area (Å²) in [5, 5.41) is 11.7. The number of benzene rings is 1. The van der Waals surface area contributed by atoms with Crippen molar-refractivity contribution in [3.63, 3.8) is 0 Å². The molecule has 18 heavy (non-hydrogen) atoms. The van der Waals surface area contributed by atoms with Crippen molar-refractivity contribution in [2.75, 3.05) is 5.32 Å². The van der Waals surface area contributed by atoms with Gasteiger partial charge in [-0.3, -0.25) is 4.79 Å². The van der Waals surface area contributed by atoms with Gasteiger partial charge in [-0.1, -0.05) is 6.07 Å². The second-order valence-corrected chi connectivity index (χ2v) is 4.45. The molecule has 0 saturated heterocycles. The van der Waals surface area contributed by atoms with Gasteiger partial charge in [0.2, 0.25) is 0 Å². The molecule has 2 unspecified atom stereocenters. The van der Waals surface area contributed by atoms with E-state index in [1.54, 1.807) is 0 Å². The molecule has 1 aliphatic heterocycles. The van der Waals surface area contributed by atoms with E-state index in [2.05, 4.69) is 5.32 Å². The molecule has 0 bridgehead atoms. The number of alkyl halides is 3. The highest BCUT2D eigenvalue weighted by Crippen LogP contribution is 2.36. The number of rotatable bonds is 2. The quantitative estimate of drug-likeness (QED) is 0.858. The summed E-state index contributed by atoms with van der Waals surface area (Å²) in [6.45, 7) is 1.54. The molecular formula is C12H12F3NO2. The molecule has 2 atom stereocenters. The summed E-state index contributed by atoms with van der Waals surface area (Å²) in [4.78, 5) is 10.8. The molecule has 2 rings (SSSR count). The Kier molecular flexibility index (Phi) is 2.96. The fraction of sp³-hybridized carbons (Fsp3) is 0.417. The average Bonchev–Trinajstić information content (AvgIpc) is 2.68. The number of carbonyl (C=O) groups is 1. The van der Waals surface area contributed by atoms with Gasteiger partial charge in [0, 0.05) is 11.7 Å². The number of fused-ring (bicyclic) bond motifs is 1. The van der Waals surface area contributed by atoms with E-state index in [9.17, 15) is 18.0 Å². The van der Waals surface area contributed by atoms with Gasteiger partial charge < -0.3 is 10.4 Å². The highest BCUT2D eigenvalue weighted by atomic mass is 19.4. The zero-order valence-corrected chi connectivity index (χ0v) is 9.58. The average molecular weight is 259 g/mol. The van der Waals surface area contributed by atoms with Gasteiger partial charge in [-0.05, 0) is 31.0 Å². The van der Waals surface area contributed by atoms with Gasteiger partial charge in [-0.25, -0.2) is 0 Å². The first-order chi connectivity index (χ1) is 8.29. The second kappa shape index (κ2) is 4.19. The van der Waals surface area contributed by atoms with Crippen LogP contribution in [-0.4, -0.2) is 17.1 Å². The molecule has 2 N–H and O–H groups in total. The summed E-state index contributed by atoms with van der Waals surface area (Å²) in [6.07, 6.45) is -3.95. The van der Waals surface area contributed by atoms with Crippen LogP contribution in [0.1, 0.15) is 18.1 Å². The van der Waals surface area contributed by atoms with Crippen molar-refractivity contribution in [3.8, 4) is 0 Å². The maximum atomic E-state index is 12.5. The lowest BCUT2D eigenvalue weighted by Crippen LogP contribution is -2.30. The summed E-state index contributed by atoms with van der Waals surface area (Å²) in [5.41, 5.74) is 0.376. The van der Waals surface area contributed by atoms with Gasteiger partial charge in [-0.2, -0.15) is 13.2 Å². The SMILES string of the molecule is CC(C(=O)O)C1Cc2ccc(C(F)(F)F)cc2N1. The highest BCUT2D eigenvalue weighted by Gasteiger charge is 2.34. The Bertz CT molecular complexity index is 485. The number of aliphatic carboxylic acids is 1. The molecule has 3 nitrogen and oxygen atoms in total. The molecule has 0 radical (unpaired) electrons. The van der Waals surface area contributed by atoms with Crippen LogP contribution in [0, 0.1) is 5.92 Å². The lowest BCUT2D eigenvalue weighted by Gasteiger charge is -2.15. The van der Waals surface area contributed by atoms with E-state index in [0.717, 1.165) is 17.7 Å². The zero-order chi connectivity index (χ0) is 13.5. The van der Waals surface area contributed by atoms with E-state index in [1.165, 1.54) is 13.0 Å². The monoisotopic (exact) mass is 259 g/mol. The highest BCUT2D eigenvalue weighted by molar-refractivity contribution is 5.72. The van der Waals surface area contributed by atoms with Gasteiger partial charge in [0.1, 0.15) is 0 Å². The Morgan fingerprint density at radius 2 is 2.17 bits per heavy atom. The lowest BCUT2D eigenvalue weighted by molar-refractivity contribution is -0.141. The largest absolute Gasteiger partial charge is 0.481 e. The summed E-state index contributed by atoms with van der Waals surface area (Å²) >= 11 is 0. The van der Waals surface area contributed by atoms with Gasteiger partial charge in [0.05, 0.1) is 11.5 Å². The van der Waals surface area contributed by atoms with Crippen molar-refractivity contribution in [3.05, 3.63) is 29.3 Å². The minimum Gasteiger partial charge on any atom is -0.481 e. The third-order valence-corrected chi connectivity index (χ3v) is 3.21. The van der Waals surface area contributed by atoms with Gasteiger partial charge in [0.15, 0.2) is 0 Å². The zero-order valence-electron chi connectivity index (χ0n) is 9.58. The fourth-order valence-corrected chi connectivity index (χ4v) is 2.03. The third-order valence-electron chi connectivity index (χ3n) is 3.21. The number of carboxylic acids is 1. The Morgan fingerprint density at radius 3 is 2.72 bits per heavy atom. The number of halogens is 3. The van der Waals surface area contributed by atoms with Crippen molar-refractivity contribution < 1.29 is 23.1 Å². The maximum absolute atomic E-state index is 12.5. The molecule has 0 spiro atoms. The molecule has 6 heteroatoms. The molecule has 0 aromatic heterocycles. The Morgan fingerprint density at radius 1 is 1.50 bits per heavy atom. The van der Waals surface area contributed by atoms with Crippen molar-refractivity contribution in [2.24, 2.45) is 5.92 Å². The summed E-state index contributed by atoms with van der Waals surface area (Å²) < 4.78 is 37.6. The topological polar surface area (TPSA) is 49.3 Å². The van der Waals surface area contributed by atoms with Crippen molar-refractivity contribution >= 4 is 11.7 Å². The Hall–Kier alpha value is -1.72. The number of hydrogen-bond acceptors (Lipinski definition) is 2. The Balaban J connectivity index is 2.23. The molecule has 0 saturated carbocycles. The molecule has 0 aliphatic carbocycles. The molecule has 1 heterocycles.